The minimum absolute atomic E-state index is 0.104. The highest BCUT2D eigenvalue weighted by Crippen LogP contribution is 2.47. The Bertz CT molecular complexity index is 921. The molecule has 0 aliphatic carbocycles. The number of ether oxygens (including phenoxy) is 1. The van der Waals surface area contributed by atoms with Crippen molar-refractivity contribution in [2.75, 3.05) is 24.5 Å². The van der Waals surface area contributed by atoms with Crippen LogP contribution in [0.25, 0.3) is 0 Å². The van der Waals surface area contributed by atoms with Gasteiger partial charge in [0.05, 0.1) is 29.0 Å². The summed E-state index contributed by atoms with van der Waals surface area (Å²) < 4.78 is 22.8. The lowest BCUT2D eigenvalue weighted by molar-refractivity contribution is -0.161. The van der Waals surface area contributed by atoms with Crippen molar-refractivity contribution < 1.29 is 14.1 Å². The zero-order valence-corrected chi connectivity index (χ0v) is 24.9. The van der Waals surface area contributed by atoms with E-state index in [1.54, 1.807) is 0 Å². The maximum absolute atomic E-state index is 13.7. The normalized spacial score (nSPS) is 22.7. The van der Waals surface area contributed by atoms with Crippen LogP contribution in [0.2, 0.25) is 0 Å². The molecule has 7 nitrogen and oxygen atoms in total. The van der Waals surface area contributed by atoms with Crippen LogP contribution < -0.4 is 14.9 Å². The second-order valence-corrected chi connectivity index (χ2v) is 13.9. The molecular weight excluding hydrogens is 496 g/mol. The van der Waals surface area contributed by atoms with Crippen molar-refractivity contribution in [2.45, 2.75) is 109 Å². The number of benzene rings is 1. The van der Waals surface area contributed by atoms with Crippen LogP contribution in [0.5, 0.6) is 0 Å². The highest BCUT2D eigenvalue weighted by molar-refractivity contribution is 7.90. The molecule has 0 unspecified atom stereocenters. The third-order valence-electron chi connectivity index (χ3n) is 8.23. The number of carbonyl (C=O) groups is 1. The van der Waals surface area contributed by atoms with E-state index in [2.05, 4.69) is 34.9 Å². The lowest BCUT2D eigenvalue weighted by Crippen LogP contribution is -2.57. The predicted octanol–water partition coefficient (Wildman–Crippen LogP) is 5.42. The van der Waals surface area contributed by atoms with Gasteiger partial charge in [-0.1, -0.05) is 46.0 Å². The average Bonchev–Trinajstić information content (AvgIpc) is 3.17. The number of piperidine rings is 1. The monoisotopic (exact) mass is 544 g/mol. The van der Waals surface area contributed by atoms with Gasteiger partial charge in [0.25, 0.3) is 0 Å². The molecule has 1 aromatic carbocycles. The number of unbranched alkanes of at least 4 members (excludes halogenated alkanes) is 4. The van der Waals surface area contributed by atoms with Gasteiger partial charge in [-0.05, 0) is 83.8 Å². The Morgan fingerprint density at radius 3 is 2.45 bits per heavy atom. The maximum atomic E-state index is 13.7. The quantitative estimate of drug-likeness (QED) is 0.206. The molecule has 2 aliphatic rings. The largest absolute Gasteiger partial charge is 0.598 e. The van der Waals surface area contributed by atoms with Gasteiger partial charge in [-0.25, -0.2) is 0 Å². The first kappa shape index (κ1) is 30.7. The Morgan fingerprint density at radius 1 is 1.21 bits per heavy atom. The van der Waals surface area contributed by atoms with Crippen LogP contribution in [0.4, 0.5) is 5.69 Å². The van der Waals surface area contributed by atoms with Crippen LogP contribution in [0, 0.1) is 22.7 Å². The molecule has 3 rings (SSSR count). The molecule has 0 amide bonds. The predicted molar refractivity (Wildman–Crippen MR) is 155 cm³/mol. The topological polar surface area (TPSA) is 100 Å². The second-order valence-electron chi connectivity index (χ2n) is 11.9. The first-order chi connectivity index (χ1) is 18.2. The van der Waals surface area contributed by atoms with Crippen LogP contribution in [-0.4, -0.2) is 47.2 Å². The summed E-state index contributed by atoms with van der Waals surface area (Å²) in [7, 11) is 0. The first-order valence-corrected chi connectivity index (χ1v) is 15.7. The van der Waals surface area contributed by atoms with Gasteiger partial charge in [0, 0.05) is 23.6 Å². The van der Waals surface area contributed by atoms with Gasteiger partial charge in [-0.15, -0.1) is 4.72 Å². The van der Waals surface area contributed by atoms with E-state index in [0.717, 1.165) is 57.3 Å². The second kappa shape index (κ2) is 14.0. The molecule has 212 valence electrons. The first-order valence-electron chi connectivity index (χ1n) is 14.5. The molecule has 8 heteroatoms. The number of carbonyl (C=O) groups excluding carboxylic acids is 1. The molecule has 0 bridgehead atoms. The molecule has 2 heterocycles. The molecule has 2 saturated heterocycles. The SMILES string of the molecule is CCCCCCC[C@@H](CC)C(=O)O[C@H]1N(c2ccc(C#N)cc2)C[C@@H](N[S@+]([O-])C(C)(C)C)C12CCNCC2. The lowest BCUT2D eigenvalue weighted by atomic mass is 9.74. The molecule has 0 radical (unpaired) electrons. The van der Waals surface area contributed by atoms with Gasteiger partial charge < -0.3 is 19.5 Å². The Morgan fingerprint density at radius 2 is 1.87 bits per heavy atom. The fourth-order valence-electron chi connectivity index (χ4n) is 5.74. The average molecular weight is 545 g/mol. The summed E-state index contributed by atoms with van der Waals surface area (Å²) in [4.78, 5) is 15.8. The summed E-state index contributed by atoms with van der Waals surface area (Å²) >= 11 is -1.26. The van der Waals surface area contributed by atoms with Crippen molar-refractivity contribution in [3.8, 4) is 6.07 Å². The maximum Gasteiger partial charge on any atom is 0.310 e. The van der Waals surface area contributed by atoms with Gasteiger partial charge in [-0.3, -0.25) is 4.79 Å². The van der Waals surface area contributed by atoms with Crippen molar-refractivity contribution in [1.82, 2.24) is 10.0 Å². The van der Waals surface area contributed by atoms with Gasteiger partial charge in [-0.2, -0.15) is 5.26 Å². The Kier molecular flexibility index (Phi) is 11.3. The Hall–Kier alpha value is -1.79. The van der Waals surface area contributed by atoms with E-state index in [4.69, 9.17) is 4.74 Å². The smallest absolute Gasteiger partial charge is 0.310 e. The lowest BCUT2D eigenvalue weighted by Gasteiger charge is -2.43. The number of hydrogen-bond acceptors (Lipinski definition) is 7. The number of nitriles is 1. The molecule has 2 aliphatic heterocycles. The van der Waals surface area contributed by atoms with E-state index >= 15 is 0 Å². The van der Waals surface area contributed by atoms with Crippen LogP contribution in [0.3, 0.4) is 0 Å². The third-order valence-corrected chi connectivity index (χ3v) is 9.84. The zero-order valence-electron chi connectivity index (χ0n) is 24.1. The van der Waals surface area contributed by atoms with Gasteiger partial charge >= 0.3 is 5.97 Å². The molecule has 0 aromatic heterocycles. The van der Waals surface area contributed by atoms with E-state index in [9.17, 15) is 14.6 Å². The molecule has 1 spiro atoms. The molecule has 1 aromatic rings. The van der Waals surface area contributed by atoms with E-state index in [0.29, 0.717) is 12.1 Å². The number of hydrogen-bond donors (Lipinski definition) is 2. The van der Waals surface area contributed by atoms with Crippen molar-refractivity contribution in [2.24, 2.45) is 11.3 Å². The van der Waals surface area contributed by atoms with Crippen LogP contribution in [0.15, 0.2) is 24.3 Å². The Balaban J connectivity index is 1.90. The zero-order chi connectivity index (χ0) is 27.8. The van der Waals surface area contributed by atoms with E-state index in [1.165, 1.54) is 19.3 Å². The summed E-state index contributed by atoms with van der Waals surface area (Å²) in [5, 5.41) is 12.8. The van der Waals surface area contributed by atoms with E-state index < -0.39 is 22.3 Å². The Labute approximate surface area is 233 Å². The number of nitrogens with zero attached hydrogens (tertiary/aromatic N) is 2. The molecular formula is C30H48N4O3S. The van der Waals surface area contributed by atoms with Crippen molar-refractivity contribution in [3.63, 3.8) is 0 Å². The fourth-order valence-corrected chi connectivity index (χ4v) is 6.66. The van der Waals surface area contributed by atoms with Gasteiger partial charge in [0.15, 0.2) is 6.23 Å². The highest BCUT2D eigenvalue weighted by Gasteiger charge is 2.58. The molecule has 2 fully saturated rings. The summed E-state index contributed by atoms with van der Waals surface area (Å²) in [6.45, 7) is 12.4. The number of esters is 1. The minimum Gasteiger partial charge on any atom is -0.598 e. The minimum atomic E-state index is -1.26. The number of anilines is 1. The van der Waals surface area contributed by atoms with E-state index in [-0.39, 0.29) is 23.3 Å². The van der Waals surface area contributed by atoms with Crippen LogP contribution in [0.1, 0.15) is 98.0 Å². The van der Waals surface area contributed by atoms with Crippen molar-refractivity contribution in [3.05, 3.63) is 29.8 Å². The van der Waals surface area contributed by atoms with Crippen molar-refractivity contribution in [1.29, 1.82) is 5.26 Å². The number of nitrogens with one attached hydrogen (secondary N) is 2. The molecule has 4 atom stereocenters. The standard InChI is InChI=1S/C30H48N4O3S/c1-6-8-9-10-11-12-24(7-2)27(35)37-28-30(17-19-32-20-18-30)26(33-38(36)29(3,4)5)22-34(28)25-15-13-23(21-31)14-16-25/h13-16,24,26,28,32-33H,6-12,17-20,22H2,1-5H3/t24-,26-,28-,38-/m1/s1. The highest BCUT2D eigenvalue weighted by atomic mass is 32.2. The fraction of sp³-hybridized carbons (Fsp3) is 0.733. The molecule has 38 heavy (non-hydrogen) atoms. The summed E-state index contributed by atoms with van der Waals surface area (Å²) in [6, 6.07) is 9.56. The van der Waals surface area contributed by atoms with Crippen LogP contribution in [-0.2, 0) is 20.9 Å². The van der Waals surface area contributed by atoms with Crippen LogP contribution >= 0.6 is 0 Å². The molecule has 0 saturated carbocycles. The summed E-state index contributed by atoms with van der Waals surface area (Å²) in [5.41, 5.74) is 1.14. The summed E-state index contributed by atoms with van der Waals surface area (Å²) in [6.07, 6.45) is 8.66. The number of rotatable bonds is 12. The summed E-state index contributed by atoms with van der Waals surface area (Å²) in [5.74, 6) is -0.240. The van der Waals surface area contributed by atoms with Gasteiger partial charge in [0.1, 0.15) is 4.75 Å². The third kappa shape index (κ3) is 7.44. The van der Waals surface area contributed by atoms with Crippen molar-refractivity contribution >= 4 is 23.0 Å². The molecule has 2 N–H and O–H groups in total. The van der Waals surface area contributed by atoms with Gasteiger partial charge in [0.2, 0.25) is 0 Å². The van der Waals surface area contributed by atoms with E-state index in [1.807, 2.05) is 45.0 Å².